The van der Waals surface area contributed by atoms with Crippen molar-refractivity contribution in [3.63, 3.8) is 0 Å². The van der Waals surface area contributed by atoms with Crippen molar-refractivity contribution in [1.82, 2.24) is 4.57 Å². The standard InChI is InChI=1S/C12H13NO3S/c14-12-3-1-2-11-10(12)4-6-13(11)9-5-7-17(15,16)8-9/h4-7,9H,1-3,8H2. The Morgan fingerprint density at radius 1 is 1.29 bits per heavy atom. The number of fused-ring (bicyclic) bond motifs is 1. The van der Waals surface area contributed by atoms with Gasteiger partial charge in [0.2, 0.25) is 0 Å². The molecule has 1 atom stereocenters. The topological polar surface area (TPSA) is 56.1 Å². The maximum Gasteiger partial charge on any atom is 0.173 e. The Morgan fingerprint density at radius 2 is 2.12 bits per heavy atom. The highest BCUT2D eigenvalue weighted by Gasteiger charge is 2.27. The molecule has 2 aliphatic rings. The van der Waals surface area contributed by atoms with Gasteiger partial charge in [-0.2, -0.15) is 0 Å². The molecule has 0 fully saturated rings. The van der Waals surface area contributed by atoms with Crippen molar-refractivity contribution < 1.29 is 13.2 Å². The Labute approximate surface area is 99.9 Å². The van der Waals surface area contributed by atoms with Gasteiger partial charge in [0.05, 0.1) is 11.8 Å². The van der Waals surface area contributed by atoms with Crippen LogP contribution in [0.15, 0.2) is 23.7 Å². The molecule has 1 aliphatic carbocycles. The average Bonchev–Trinajstić information content (AvgIpc) is 2.82. The first-order valence-corrected chi connectivity index (χ1v) is 7.42. The van der Waals surface area contributed by atoms with E-state index in [0.29, 0.717) is 6.42 Å². The lowest BCUT2D eigenvalue weighted by Crippen LogP contribution is -2.17. The third-order valence-electron chi connectivity index (χ3n) is 3.41. The minimum absolute atomic E-state index is 0.113. The predicted molar refractivity (Wildman–Crippen MR) is 63.7 cm³/mol. The summed E-state index contributed by atoms with van der Waals surface area (Å²) in [4.78, 5) is 11.7. The quantitative estimate of drug-likeness (QED) is 0.760. The number of Topliss-reactive ketones (excluding diaryl/α,β-unsaturated/α-hetero) is 1. The second kappa shape index (κ2) is 3.57. The molecule has 0 aromatic carbocycles. The minimum atomic E-state index is -3.05. The number of sulfone groups is 1. The molecule has 90 valence electrons. The smallest absolute Gasteiger partial charge is 0.173 e. The maximum absolute atomic E-state index is 11.7. The van der Waals surface area contributed by atoms with Crippen LogP contribution in [0.2, 0.25) is 0 Å². The van der Waals surface area contributed by atoms with Gasteiger partial charge in [-0.3, -0.25) is 4.79 Å². The monoisotopic (exact) mass is 251 g/mol. The third kappa shape index (κ3) is 1.74. The number of hydrogen-bond acceptors (Lipinski definition) is 3. The summed E-state index contributed by atoms with van der Waals surface area (Å²) in [5.41, 5.74) is 1.77. The summed E-state index contributed by atoms with van der Waals surface area (Å²) in [6, 6.07) is 1.67. The zero-order valence-electron chi connectivity index (χ0n) is 9.30. The summed E-state index contributed by atoms with van der Waals surface area (Å²) in [7, 11) is -3.05. The average molecular weight is 251 g/mol. The summed E-state index contributed by atoms with van der Waals surface area (Å²) >= 11 is 0. The number of allylic oxidation sites excluding steroid dienone is 1. The molecule has 1 aromatic heterocycles. The van der Waals surface area contributed by atoms with E-state index in [1.165, 1.54) is 5.41 Å². The largest absolute Gasteiger partial charge is 0.343 e. The molecule has 0 saturated carbocycles. The number of hydrogen-bond donors (Lipinski definition) is 0. The van der Waals surface area contributed by atoms with E-state index in [-0.39, 0.29) is 17.6 Å². The van der Waals surface area contributed by atoms with Crippen LogP contribution in [0, 0.1) is 0 Å². The van der Waals surface area contributed by atoms with E-state index >= 15 is 0 Å². The van der Waals surface area contributed by atoms with E-state index in [1.54, 1.807) is 6.08 Å². The second-order valence-electron chi connectivity index (χ2n) is 4.59. The van der Waals surface area contributed by atoms with Gasteiger partial charge in [0, 0.05) is 29.3 Å². The van der Waals surface area contributed by atoms with Crippen LogP contribution in [-0.4, -0.2) is 24.5 Å². The van der Waals surface area contributed by atoms with Gasteiger partial charge in [0.1, 0.15) is 0 Å². The molecular weight excluding hydrogens is 238 g/mol. The van der Waals surface area contributed by atoms with Gasteiger partial charge in [0.25, 0.3) is 0 Å². The van der Waals surface area contributed by atoms with Crippen molar-refractivity contribution in [3.8, 4) is 0 Å². The lowest BCUT2D eigenvalue weighted by atomic mass is 9.96. The summed E-state index contributed by atoms with van der Waals surface area (Å²) in [5.74, 6) is 0.289. The Kier molecular flexibility index (Phi) is 2.26. The van der Waals surface area contributed by atoms with Gasteiger partial charge >= 0.3 is 0 Å². The highest BCUT2D eigenvalue weighted by atomic mass is 32.2. The molecule has 0 amide bonds. The van der Waals surface area contributed by atoms with E-state index in [9.17, 15) is 13.2 Å². The number of carbonyl (C=O) groups excluding carboxylic acids is 1. The van der Waals surface area contributed by atoms with Crippen LogP contribution in [0.3, 0.4) is 0 Å². The fourth-order valence-electron chi connectivity index (χ4n) is 2.59. The first kappa shape index (κ1) is 10.8. The van der Waals surface area contributed by atoms with Crippen LogP contribution in [0.1, 0.15) is 34.9 Å². The SMILES string of the molecule is O=C1CCCc2c1ccn2C1C=CS(=O)(=O)C1. The number of rotatable bonds is 1. The fourth-order valence-corrected chi connectivity index (χ4v) is 3.87. The molecule has 0 radical (unpaired) electrons. The first-order chi connectivity index (χ1) is 8.07. The molecule has 0 saturated heterocycles. The van der Waals surface area contributed by atoms with Crippen LogP contribution >= 0.6 is 0 Å². The lowest BCUT2D eigenvalue weighted by Gasteiger charge is -2.18. The molecule has 3 rings (SSSR count). The Balaban J connectivity index is 2.01. The fraction of sp³-hybridized carbons (Fsp3) is 0.417. The maximum atomic E-state index is 11.7. The molecule has 5 heteroatoms. The van der Waals surface area contributed by atoms with E-state index in [2.05, 4.69) is 0 Å². The predicted octanol–water partition coefficient (Wildman–Crippen LogP) is 1.49. The van der Waals surface area contributed by atoms with E-state index in [0.717, 1.165) is 24.1 Å². The van der Waals surface area contributed by atoms with E-state index < -0.39 is 9.84 Å². The van der Waals surface area contributed by atoms with Crippen molar-refractivity contribution >= 4 is 15.6 Å². The van der Waals surface area contributed by atoms with Gasteiger partial charge < -0.3 is 4.57 Å². The number of nitrogens with zero attached hydrogens (tertiary/aromatic N) is 1. The van der Waals surface area contributed by atoms with Crippen LogP contribution in [0.25, 0.3) is 0 Å². The highest BCUT2D eigenvalue weighted by molar-refractivity contribution is 7.94. The van der Waals surface area contributed by atoms with Crippen molar-refractivity contribution in [1.29, 1.82) is 0 Å². The van der Waals surface area contributed by atoms with Crippen molar-refractivity contribution in [3.05, 3.63) is 35.0 Å². The van der Waals surface area contributed by atoms with Crippen molar-refractivity contribution in [2.75, 3.05) is 5.75 Å². The molecule has 1 aromatic rings. The second-order valence-corrected chi connectivity index (χ2v) is 6.52. The summed E-state index contributed by atoms with van der Waals surface area (Å²) < 4.78 is 24.7. The van der Waals surface area contributed by atoms with Crippen LogP contribution < -0.4 is 0 Å². The number of carbonyl (C=O) groups is 1. The molecule has 2 heterocycles. The normalized spacial score (nSPS) is 26.1. The zero-order valence-corrected chi connectivity index (χ0v) is 10.1. The van der Waals surface area contributed by atoms with Crippen molar-refractivity contribution in [2.45, 2.75) is 25.3 Å². The summed E-state index contributed by atoms with van der Waals surface area (Å²) in [6.07, 6.45) is 5.87. The molecule has 0 spiro atoms. The summed E-state index contributed by atoms with van der Waals surface area (Å²) in [5, 5.41) is 1.27. The van der Waals surface area contributed by atoms with Crippen LogP contribution in [0.4, 0.5) is 0 Å². The molecular formula is C12H13NO3S. The highest BCUT2D eigenvalue weighted by Crippen LogP contribution is 2.28. The molecule has 1 unspecified atom stereocenters. The van der Waals surface area contributed by atoms with Crippen LogP contribution in [-0.2, 0) is 16.3 Å². The Hall–Kier alpha value is -1.36. The van der Waals surface area contributed by atoms with E-state index in [1.807, 2.05) is 16.8 Å². The Morgan fingerprint density at radius 3 is 2.82 bits per heavy atom. The molecule has 1 aliphatic heterocycles. The molecule has 17 heavy (non-hydrogen) atoms. The van der Waals surface area contributed by atoms with Gasteiger partial charge in [-0.05, 0) is 25.0 Å². The van der Waals surface area contributed by atoms with Crippen molar-refractivity contribution in [2.24, 2.45) is 0 Å². The third-order valence-corrected chi connectivity index (χ3v) is 4.79. The first-order valence-electron chi connectivity index (χ1n) is 5.71. The van der Waals surface area contributed by atoms with Gasteiger partial charge in [-0.15, -0.1) is 0 Å². The number of ketones is 1. The lowest BCUT2D eigenvalue weighted by molar-refractivity contribution is 0.0971. The van der Waals surface area contributed by atoms with E-state index in [4.69, 9.17) is 0 Å². The Bertz CT molecular complexity index is 610. The summed E-state index contributed by atoms with van der Waals surface area (Å²) in [6.45, 7) is 0. The van der Waals surface area contributed by atoms with Gasteiger partial charge in [-0.25, -0.2) is 8.42 Å². The zero-order chi connectivity index (χ0) is 12.0. The van der Waals surface area contributed by atoms with Gasteiger partial charge in [-0.1, -0.05) is 0 Å². The molecule has 0 bridgehead atoms. The number of aromatic nitrogens is 1. The molecule has 0 N–H and O–H groups in total. The van der Waals surface area contributed by atoms with Gasteiger partial charge in [0.15, 0.2) is 15.6 Å². The molecule has 4 nitrogen and oxygen atoms in total. The van der Waals surface area contributed by atoms with Crippen LogP contribution in [0.5, 0.6) is 0 Å². The minimum Gasteiger partial charge on any atom is -0.343 e.